The van der Waals surface area contributed by atoms with Gasteiger partial charge in [-0.3, -0.25) is 4.79 Å². The second-order valence-corrected chi connectivity index (χ2v) is 7.77. The number of ether oxygens (including phenoxy) is 1. The fraction of sp³-hybridized carbons (Fsp3) is 0.938. The van der Waals surface area contributed by atoms with Crippen LogP contribution in [0.1, 0.15) is 33.6 Å². The molecule has 0 N–H and O–H groups in total. The van der Waals surface area contributed by atoms with Crippen LogP contribution in [-0.4, -0.2) is 60.2 Å². The summed E-state index contributed by atoms with van der Waals surface area (Å²) in [7, 11) is 0. The van der Waals surface area contributed by atoms with E-state index in [0.29, 0.717) is 0 Å². The molecular weight excluding hydrogens is 547 g/mol. The molecule has 0 aromatic carbocycles. The number of halogens is 17. The summed E-state index contributed by atoms with van der Waals surface area (Å²) in [5, 5.41) is 0. The Morgan fingerprint density at radius 2 is 0.886 bits per heavy atom. The Balaban J connectivity index is 6.28. The summed E-state index contributed by atoms with van der Waals surface area (Å²) in [5.41, 5.74) is -1.47. The van der Waals surface area contributed by atoms with E-state index >= 15 is 0 Å². The Labute approximate surface area is 184 Å². The standard InChI is InChI=1S/C16H15F17O2/c1-4-8(2,3)7(34)35-6-5-9(17,18)10(19,20)11(21,22)12(23,24)13(25,26)14(27,28)15(29,30)16(31,32)33/h4-6H2,1-3H3. The van der Waals surface area contributed by atoms with Crippen molar-refractivity contribution in [1.29, 1.82) is 0 Å². The van der Waals surface area contributed by atoms with Crippen LogP contribution in [0.3, 0.4) is 0 Å². The zero-order chi connectivity index (χ0) is 28.9. The van der Waals surface area contributed by atoms with Gasteiger partial charge in [0.25, 0.3) is 0 Å². The highest BCUT2D eigenvalue weighted by atomic mass is 19.4. The van der Waals surface area contributed by atoms with Crippen LogP contribution in [-0.2, 0) is 9.53 Å². The van der Waals surface area contributed by atoms with Crippen LogP contribution in [0, 0.1) is 5.41 Å². The van der Waals surface area contributed by atoms with Crippen molar-refractivity contribution in [3.8, 4) is 0 Å². The molecule has 0 aliphatic heterocycles. The first-order valence-corrected chi connectivity index (χ1v) is 8.82. The second-order valence-electron chi connectivity index (χ2n) is 7.77. The maximum atomic E-state index is 13.6. The van der Waals surface area contributed by atoms with Crippen LogP contribution in [0.25, 0.3) is 0 Å². The molecule has 0 aliphatic rings. The number of carbonyl (C=O) groups excluding carboxylic acids is 1. The third kappa shape index (κ3) is 4.96. The van der Waals surface area contributed by atoms with Gasteiger partial charge in [-0.25, -0.2) is 0 Å². The summed E-state index contributed by atoms with van der Waals surface area (Å²) >= 11 is 0. The zero-order valence-corrected chi connectivity index (χ0v) is 17.4. The molecule has 0 unspecified atom stereocenters. The van der Waals surface area contributed by atoms with Crippen molar-refractivity contribution in [3.63, 3.8) is 0 Å². The van der Waals surface area contributed by atoms with Crippen LogP contribution in [0.4, 0.5) is 74.6 Å². The maximum absolute atomic E-state index is 13.6. The number of hydrogen-bond donors (Lipinski definition) is 0. The summed E-state index contributed by atoms with van der Waals surface area (Å²) in [4.78, 5) is 11.5. The molecule has 0 rings (SSSR count). The molecule has 210 valence electrons. The highest BCUT2D eigenvalue weighted by molar-refractivity contribution is 5.75. The van der Waals surface area contributed by atoms with E-state index in [2.05, 4.69) is 4.74 Å². The summed E-state index contributed by atoms with van der Waals surface area (Å²) in [6, 6.07) is 0. The molecule has 19 heteroatoms. The van der Waals surface area contributed by atoms with Gasteiger partial charge in [-0.2, -0.15) is 74.6 Å². The predicted molar refractivity (Wildman–Crippen MR) is 80.3 cm³/mol. The summed E-state index contributed by atoms with van der Waals surface area (Å²) in [6.07, 6.45) is -10.7. The molecule has 0 aromatic rings. The van der Waals surface area contributed by atoms with Crippen molar-refractivity contribution in [2.75, 3.05) is 6.61 Å². The van der Waals surface area contributed by atoms with E-state index in [1.807, 2.05) is 0 Å². The Kier molecular flexibility index (Phi) is 8.55. The first-order valence-electron chi connectivity index (χ1n) is 8.82. The smallest absolute Gasteiger partial charge is 0.460 e. The van der Waals surface area contributed by atoms with Crippen molar-refractivity contribution in [1.82, 2.24) is 0 Å². The summed E-state index contributed by atoms with van der Waals surface area (Å²) in [6.45, 7) is 1.64. The molecule has 2 nitrogen and oxygen atoms in total. The molecule has 0 saturated carbocycles. The molecular formula is C16H15F17O2. The van der Waals surface area contributed by atoms with Gasteiger partial charge >= 0.3 is 53.6 Å². The van der Waals surface area contributed by atoms with Gasteiger partial charge in [0.2, 0.25) is 0 Å². The van der Waals surface area contributed by atoms with E-state index in [0.717, 1.165) is 13.8 Å². The van der Waals surface area contributed by atoms with Crippen LogP contribution in [0.15, 0.2) is 0 Å². The van der Waals surface area contributed by atoms with E-state index in [1.165, 1.54) is 6.92 Å². The van der Waals surface area contributed by atoms with E-state index < -0.39 is 72.0 Å². The number of alkyl halides is 17. The van der Waals surface area contributed by atoms with E-state index in [9.17, 15) is 79.4 Å². The lowest BCUT2D eigenvalue weighted by molar-refractivity contribution is -0.461. The largest absolute Gasteiger partial charge is 0.465 e. The molecule has 0 atom stereocenters. The quantitative estimate of drug-likeness (QED) is 0.194. The summed E-state index contributed by atoms with van der Waals surface area (Å²) in [5.74, 6) is -58.1. The minimum Gasteiger partial charge on any atom is -0.465 e. The van der Waals surface area contributed by atoms with Crippen molar-refractivity contribution in [2.24, 2.45) is 5.41 Å². The molecule has 0 spiro atoms. The Bertz CT molecular complexity index is 767. The van der Waals surface area contributed by atoms with E-state index in [4.69, 9.17) is 0 Å². The van der Waals surface area contributed by atoms with Gasteiger partial charge in [0.15, 0.2) is 0 Å². The van der Waals surface area contributed by atoms with Crippen LogP contribution in [0.5, 0.6) is 0 Å². The molecule has 0 radical (unpaired) electrons. The highest BCUT2D eigenvalue weighted by Gasteiger charge is 2.95. The maximum Gasteiger partial charge on any atom is 0.460 e. The first-order chi connectivity index (χ1) is 14.9. The van der Waals surface area contributed by atoms with Crippen molar-refractivity contribution in [3.05, 3.63) is 0 Å². The average Bonchev–Trinajstić information content (AvgIpc) is 2.65. The Hall–Kier alpha value is -1.72. The highest BCUT2D eigenvalue weighted by Crippen LogP contribution is 2.64. The van der Waals surface area contributed by atoms with Crippen molar-refractivity contribution < 1.29 is 84.2 Å². The lowest BCUT2D eigenvalue weighted by Crippen LogP contribution is -2.74. The lowest BCUT2D eigenvalue weighted by atomic mass is 9.88. The lowest BCUT2D eigenvalue weighted by Gasteiger charge is -2.42. The van der Waals surface area contributed by atoms with Gasteiger partial charge in [-0.05, 0) is 20.3 Å². The van der Waals surface area contributed by atoms with Gasteiger partial charge in [-0.1, -0.05) is 6.92 Å². The number of esters is 1. The van der Waals surface area contributed by atoms with Crippen LogP contribution < -0.4 is 0 Å². The Morgan fingerprint density at radius 3 is 1.20 bits per heavy atom. The fourth-order valence-corrected chi connectivity index (χ4v) is 1.96. The molecule has 35 heavy (non-hydrogen) atoms. The normalized spacial score (nSPS) is 15.9. The third-order valence-corrected chi connectivity index (χ3v) is 4.87. The molecule has 0 aliphatic carbocycles. The van der Waals surface area contributed by atoms with Crippen LogP contribution in [0.2, 0.25) is 0 Å². The van der Waals surface area contributed by atoms with Gasteiger partial charge in [-0.15, -0.1) is 0 Å². The van der Waals surface area contributed by atoms with Crippen molar-refractivity contribution >= 4 is 5.97 Å². The zero-order valence-electron chi connectivity index (χ0n) is 17.4. The molecule has 0 fully saturated rings. The monoisotopic (exact) mass is 562 g/mol. The van der Waals surface area contributed by atoms with Gasteiger partial charge in [0, 0.05) is 0 Å². The number of carbonyl (C=O) groups is 1. The minimum absolute atomic E-state index is 0.0610. The molecule has 0 saturated heterocycles. The fourth-order valence-electron chi connectivity index (χ4n) is 1.96. The molecule has 0 heterocycles. The first kappa shape index (κ1) is 33.3. The van der Waals surface area contributed by atoms with Crippen LogP contribution >= 0.6 is 0 Å². The number of rotatable bonds is 11. The third-order valence-electron chi connectivity index (χ3n) is 4.87. The molecule has 0 bridgehead atoms. The SMILES string of the molecule is CCC(C)(C)C(=O)OCCC(F)(F)C(F)(F)C(F)(F)C(F)(F)C(F)(F)C(F)(F)C(F)(F)C(F)(F)F. The minimum atomic E-state index is -8.67. The van der Waals surface area contributed by atoms with Gasteiger partial charge < -0.3 is 4.74 Å². The summed E-state index contributed by atoms with van der Waals surface area (Å²) < 4.78 is 227. The Morgan fingerprint density at radius 1 is 0.571 bits per heavy atom. The van der Waals surface area contributed by atoms with Crippen molar-refractivity contribution in [2.45, 2.75) is 81.2 Å². The molecule has 0 aromatic heterocycles. The van der Waals surface area contributed by atoms with E-state index in [-0.39, 0.29) is 6.42 Å². The van der Waals surface area contributed by atoms with Gasteiger partial charge in [0.05, 0.1) is 18.4 Å². The predicted octanol–water partition coefficient (Wildman–Crippen LogP) is 7.37. The van der Waals surface area contributed by atoms with Gasteiger partial charge in [0.1, 0.15) is 0 Å². The van der Waals surface area contributed by atoms with E-state index in [1.54, 1.807) is 0 Å². The molecule has 0 amide bonds. The second kappa shape index (κ2) is 8.99. The topological polar surface area (TPSA) is 26.3 Å². The number of hydrogen-bond acceptors (Lipinski definition) is 2. The average molecular weight is 562 g/mol.